The number of nitrogens with zero attached hydrogens (tertiary/aromatic N) is 1. The smallest absolute Gasteiger partial charge is 0.259 e. The Morgan fingerprint density at radius 1 is 1.31 bits per heavy atom. The van der Waals surface area contributed by atoms with E-state index in [0.717, 1.165) is 22.4 Å². The van der Waals surface area contributed by atoms with Crippen LogP contribution in [0.25, 0.3) is 11.1 Å². The fourth-order valence-electron chi connectivity index (χ4n) is 3.31. The Morgan fingerprint density at radius 3 is 2.77 bits per heavy atom. The average molecular weight is 373 g/mol. The molecule has 26 heavy (non-hydrogen) atoms. The molecule has 2 amide bonds. The van der Waals surface area contributed by atoms with Gasteiger partial charge in [0.2, 0.25) is 0 Å². The van der Waals surface area contributed by atoms with Gasteiger partial charge in [-0.25, -0.2) is 0 Å². The van der Waals surface area contributed by atoms with E-state index in [4.69, 9.17) is 15.2 Å². The van der Waals surface area contributed by atoms with Gasteiger partial charge < -0.3 is 20.1 Å². The first kappa shape index (κ1) is 17.2. The second-order valence-electron chi connectivity index (χ2n) is 6.16. The quantitative estimate of drug-likeness (QED) is 0.847. The van der Waals surface area contributed by atoms with Crippen molar-refractivity contribution in [3.63, 3.8) is 0 Å². The minimum Gasteiger partial charge on any atom is -0.370 e. The normalized spacial score (nSPS) is 20.5. The average Bonchev–Trinajstić information content (AvgIpc) is 3.31. The van der Waals surface area contributed by atoms with Crippen molar-refractivity contribution in [2.75, 3.05) is 37.9 Å². The van der Waals surface area contributed by atoms with Gasteiger partial charge in [0.1, 0.15) is 6.61 Å². The predicted molar refractivity (Wildman–Crippen MR) is 98.1 cm³/mol. The number of amides is 2. The molecule has 0 saturated carbocycles. The Balaban J connectivity index is 1.67. The van der Waals surface area contributed by atoms with Gasteiger partial charge in [0.05, 0.1) is 24.3 Å². The zero-order valence-electron chi connectivity index (χ0n) is 14.1. The Hall–Kier alpha value is -2.26. The van der Waals surface area contributed by atoms with Crippen molar-refractivity contribution in [2.45, 2.75) is 6.10 Å². The van der Waals surface area contributed by atoms with Crippen molar-refractivity contribution in [3.8, 4) is 11.1 Å². The van der Waals surface area contributed by atoms with Crippen LogP contribution in [0.15, 0.2) is 29.6 Å². The molecule has 7 nitrogen and oxygen atoms in total. The minimum absolute atomic E-state index is 0.0401. The number of nitrogens with two attached hydrogens (primary N) is 1. The van der Waals surface area contributed by atoms with Gasteiger partial charge in [0.25, 0.3) is 11.8 Å². The van der Waals surface area contributed by atoms with Crippen molar-refractivity contribution in [1.29, 1.82) is 0 Å². The number of primary amides is 1. The summed E-state index contributed by atoms with van der Waals surface area (Å²) in [5, 5.41) is 5.07. The Morgan fingerprint density at radius 2 is 2.12 bits per heavy atom. The highest BCUT2D eigenvalue weighted by molar-refractivity contribution is 7.12. The van der Waals surface area contributed by atoms with E-state index in [1.165, 1.54) is 11.3 Å². The van der Waals surface area contributed by atoms with Crippen LogP contribution < -0.4 is 16.0 Å². The number of benzene rings is 1. The standard InChI is InChI=1S/C18H19N3O4S/c19-18(23)17-16(14-7-20-10-25-14)13(9-26-17)11-1-3-12(4-2-11)21-5-6-24-8-15(21)22/h1-4,9,14,20H,5-8,10H2,(H2,19,23). The third kappa shape index (κ3) is 3.12. The number of morpholine rings is 1. The summed E-state index contributed by atoms with van der Waals surface area (Å²) in [7, 11) is 0. The summed E-state index contributed by atoms with van der Waals surface area (Å²) in [4.78, 5) is 26.1. The topological polar surface area (TPSA) is 93.9 Å². The van der Waals surface area contributed by atoms with Crippen molar-refractivity contribution in [2.24, 2.45) is 5.73 Å². The summed E-state index contributed by atoms with van der Waals surface area (Å²) in [5.41, 5.74) is 9.13. The molecule has 1 aromatic carbocycles. The van der Waals surface area contributed by atoms with E-state index in [-0.39, 0.29) is 18.6 Å². The lowest BCUT2D eigenvalue weighted by Gasteiger charge is -2.27. The van der Waals surface area contributed by atoms with Crippen molar-refractivity contribution in [3.05, 3.63) is 40.1 Å². The lowest BCUT2D eigenvalue weighted by molar-refractivity contribution is -0.125. The summed E-state index contributed by atoms with van der Waals surface area (Å²) < 4.78 is 10.9. The number of nitrogens with one attached hydrogen (secondary N) is 1. The van der Waals surface area contributed by atoms with Crippen LogP contribution in [0.3, 0.4) is 0 Å². The summed E-state index contributed by atoms with van der Waals surface area (Å²) in [6.45, 7) is 2.30. The van der Waals surface area contributed by atoms with Gasteiger partial charge in [-0.3, -0.25) is 14.9 Å². The van der Waals surface area contributed by atoms with Crippen molar-refractivity contribution in [1.82, 2.24) is 5.32 Å². The van der Waals surface area contributed by atoms with Crippen LogP contribution in [0.5, 0.6) is 0 Å². The zero-order chi connectivity index (χ0) is 18.1. The predicted octanol–water partition coefficient (Wildman–Crippen LogP) is 1.50. The van der Waals surface area contributed by atoms with Gasteiger partial charge in [-0.15, -0.1) is 11.3 Å². The summed E-state index contributed by atoms with van der Waals surface area (Å²) in [6, 6.07) is 7.74. The molecule has 2 saturated heterocycles. The number of thiophene rings is 1. The van der Waals surface area contributed by atoms with Crippen LogP contribution in [0.1, 0.15) is 21.3 Å². The molecule has 1 aromatic heterocycles. The number of anilines is 1. The summed E-state index contributed by atoms with van der Waals surface area (Å²) >= 11 is 1.34. The van der Waals surface area contributed by atoms with Crippen molar-refractivity contribution < 1.29 is 19.1 Å². The maximum Gasteiger partial charge on any atom is 0.259 e. The highest BCUT2D eigenvalue weighted by Crippen LogP contribution is 2.38. The molecule has 0 bridgehead atoms. The maximum atomic E-state index is 12.0. The molecular weight excluding hydrogens is 354 g/mol. The summed E-state index contributed by atoms with van der Waals surface area (Å²) in [5.74, 6) is -0.482. The van der Waals surface area contributed by atoms with E-state index in [0.29, 0.717) is 31.3 Å². The van der Waals surface area contributed by atoms with Crippen LogP contribution in [-0.4, -0.2) is 44.8 Å². The second-order valence-corrected chi connectivity index (χ2v) is 7.03. The number of carbonyl (C=O) groups is 2. The van der Waals surface area contributed by atoms with E-state index < -0.39 is 5.91 Å². The minimum atomic E-state index is -0.442. The Bertz CT molecular complexity index is 827. The lowest BCUT2D eigenvalue weighted by atomic mass is 9.98. The van der Waals surface area contributed by atoms with Gasteiger partial charge in [0.15, 0.2) is 0 Å². The largest absolute Gasteiger partial charge is 0.370 e. The lowest BCUT2D eigenvalue weighted by Crippen LogP contribution is -2.41. The van der Waals surface area contributed by atoms with Gasteiger partial charge >= 0.3 is 0 Å². The van der Waals surface area contributed by atoms with E-state index in [1.54, 1.807) is 4.90 Å². The fourth-order valence-corrected chi connectivity index (χ4v) is 4.29. The molecule has 2 aliphatic heterocycles. The molecule has 3 N–H and O–H groups in total. The molecule has 1 atom stereocenters. The monoisotopic (exact) mass is 373 g/mol. The van der Waals surface area contributed by atoms with E-state index in [1.807, 2.05) is 29.6 Å². The molecule has 4 rings (SSSR count). The van der Waals surface area contributed by atoms with Crippen LogP contribution in [0.4, 0.5) is 5.69 Å². The van der Waals surface area contributed by atoms with Crippen LogP contribution in [0, 0.1) is 0 Å². The molecule has 3 heterocycles. The van der Waals surface area contributed by atoms with Gasteiger partial charge in [-0.2, -0.15) is 0 Å². The molecule has 0 spiro atoms. The van der Waals surface area contributed by atoms with E-state index in [2.05, 4.69) is 5.32 Å². The first-order valence-electron chi connectivity index (χ1n) is 8.37. The molecule has 1 unspecified atom stereocenters. The van der Waals surface area contributed by atoms with Crippen LogP contribution in [0.2, 0.25) is 0 Å². The zero-order valence-corrected chi connectivity index (χ0v) is 14.9. The molecular formula is C18H19N3O4S. The van der Waals surface area contributed by atoms with Crippen LogP contribution >= 0.6 is 11.3 Å². The number of carbonyl (C=O) groups excluding carboxylic acids is 2. The first-order valence-corrected chi connectivity index (χ1v) is 9.25. The molecule has 136 valence electrons. The Labute approximate surface area is 154 Å². The number of hydrogen-bond donors (Lipinski definition) is 2. The number of rotatable bonds is 4. The van der Waals surface area contributed by atoms with Gasteiger partial charge in [-0.05, 0) is 28.6 Å². The summed E-state index contributed by atoms with van der Waals surface area (Å²) in [6.07, 6.45) is -0.195. The molecule has 8 heteroatoms. The van der Waals surface area contributed by atoms with Gasteiger partial charge in [0, 0.05) is 24.3 Å². The molecule has 2 fully saturated rings. The van der Waals surface area contributed by atoms with Gasteiger partial charge in [-0.1, -0.05) is 12.1 Å². The molecule has 0 radical (unpaired) electrons. The van der Waals surface area contributed by atoms with Crippen LogP contribution in [-0.2, 0) is 14.3 Å². The van der Waals surface area contributed by atoms with E-state index in [9.17, 15) is 9.59 Å². The first-order chi connectivity index (χ1) is 12.6. The third-order valence-electron chi connectivity index (χ3n) is 4.57. The maximum absolute atomic E-state index is 12.0. The van der Waals surface area contributed by atoms with E-state index >= 15 is 0 Å². The number of ether oxygens (including phenoxy) is 2. The van der Waals surface area contributed by atoms with Crippen molar-refractivity contribution >= 4 is 28.8 Å². The Kier molecular flexibility index (Phi) is 4.73. The molecule has 2 aliphatic rings. The highest BCUT2D eigenvalue weighted by atomic mass is 32.1. The SMILES string of the molecule is NC(=O)c1scc(-c2ccc(N3CCOCC3=O)cc2)c1C1CNCO1. The third-order valence-corrected chi connectivity index (χ3v) is 5.58. The number of hydrogen-bond acceptors (Lipinski definition) is 6. The molecule has 2 aromatic rings. The second kappa shape index (κ2) is 7.16. The fraction of sp³-hybridized carbons (Fsp3) is 0.333. The highest BCUT2D eigenvalue weighted by Gasteiger charge is 2.28. The molecule has 0 aliphatic carbocycles.